The van der Waals surface area contributed by atoms with Gasteiger partial charge in [0.1, 0.15) is 0 Å². The second-order valence-corrected chi connectivity index (χ2v) is 7.36. The van der Waals surface area contributed by atoms with Gasteiger partial charge in [0.25, 0.3) is 0 Å². The van der Waals surface area contributed by atoms with Crippen LogP contribution in [0.3, 0.4) is 0 Å². The Morgan fingerprint density at radius 1 is 1.00 bits per heavy atom. The van der Waals surface area contributed by atoms with E-state index >= 15 is 0 Å². The van der Waals surface area contributed by atoms with E-state index in [0.29, 0.717) is 25.2 Å². The molecule has 1 fully saturated rings. The summed E-state index contributed by atoms with van der Waals surface area (Å²) >= 11 is 0. The zero-order valence-corrected chi connectivity index (χ0v) is 14.9. The third-order valence-electron chi connectivity index (χ3n) is 5.68. The van der Waals surface area contributed by atoms with Crippen LogP contribution in [-0.4, -0.2) is 36.6 Å². The number of carbonyl (C=O) groups excluding carboxylic acids is 1. The molecule has 2 heterocycles. The van der Waals surface area contributed by atoms with Crippen molar-refractivity contribution in [2.45, 2.75) is 25.6 Å². The lowest BCUT2D eigenvalue weighted by molar-refractivity contribution is -0.216. The summed E-state index contributed by atoms with van der Waals surface area (Å²) in [5.74, 6) is -0.810. The molecule has 0 unspecified atom stereocenters. The van der Waals surface area contributed by atoms with Crippen LogP contribution in [0.25, 0.3) is 0 Å². The van der Waals surface area contributed by atoms with Gasteiger partial charge in [0, 0.05) is 25.3 Å². The van der Waals surface area contributed by atoms with Gasteiger partial charge in [0.15, 0.2) is 5.41 Å². The molecule has 1 atom stereocenters. The molecule has 3 nitrogen and oxygen atoms in total. The Bertz CT molecular complexity index is 837. The van der Waals surface area contributed by atoms with Crippen molar-refractivity contribution in [3.63, 3.8) is 0 Å². The summed E-state index contributed by atoms with van der Waals surface area (Å²) in [5.41, 5.74) is 0.170. The molecule has 1 saturated heterocycles. The topological polar surface area (TPSA) is 23.6 Å². The molecule has 27 heavy (non-hydrogen) atoms. The number of nitrogens with zero attached hydrogens (tertiary/aromatic N) is 2. The van der Waals surface area contributed by atoms with Gasteiger partial charge in [0.2, 0.25) is 5.91 Å². The number of hydrogen-bond acceptors (Lipinski definition) is 2. The highest BCUT2D eigenvalue weighted by Crippen LogP contribution is 2.48. The molecule has 0 radical (unpaired) electrons. The molecule has 0 aliphatic carbocycles. The first-order valence-electron chi connectivity index (χ1n) is 9.14. The largest absolute Gasteiger partial charge is 0.404 e. The summed E-state index contributed by atoms with van der Waals surface area (Å²) in [5, 5.41) is 0. The molecule has 0 aromatic heterocycles. The molecule has 0 bridgehead atoms. The number of likely N-dealkylation sites (tertiary alicyclic amines) is 1. The SMILES string of the molecule is O=C(N1CCc2ccccc21)[C@]1(C(F)(F)F)CCN(Cc2ccccc2)C1. The number of halogens is 3. The van der Waals surface area contributed by atoms with Gasteiger partial charge < -0.3 is 4.90 Å². The number of anilines is 1. The second kappa shape index (κ2) is 6.68. The number of carbonyl (C=O) groups is 1. The van der Waals surface area contributed by atoms with Gasteiger partial charge in [-0.15, -0.1) is 0 Å². The first-order valence-corrected chi connectivity index (χ1v) is 9.14. The Morgan fingerprint density at radius 3 is 2.44 bits per heavy atom. The summed E-state index contributed by atoms with van der Waals surface area (Å²) in [6, 6.07) is 16.6. The molecule has 2 aromatic carbocycles. The number of amides is 1. The van der Waals surface area contributed by atoms with Crippen molar-refractivity contribution in [2.75, 3.05) is 24.5 Å². The van der Waals surface area contributed by atoms with Crippen molar-refractivity contribution >= 4 is 11.6 Å². The third kappa shape index (κ3) is 3.12. The first kappa shape index (κ1) is 18.0. The van der Waals surface area contributed by atoms with E-state index in [1.54, 1.807) is 17.0 Å². The van der Waals surface area contributed by atoms with Crippen LogP contribution in [0.1, 0.15) is 17.5 Å². The molecule has 142 valence electrons. The van der Waals surface area contributed by atoms with Crippen LogP contribution < -0.4 is 4.90 Å². The van der Waals surface area contributed by atoms with E-state index in [1.165, 1.54) is 4.90 Å². The molecule has 6 heteroatoms. The van der Waals surface area contributed by atoms with Crippen molar-refractivity contribution < 1.29 is 18.0 Å². The zero-order valence-electron chi connectivity index (χ0n) is 14.9. The highest BCUT2D eigenvalue weighted by Gasteiger charge is 2.64. The molecular weight excluding hydrogens is 353 g/mol. The van der Waals surface area contributed by atoms with E-state index in [2.05, 4.69) is 0 Å². The Labute approximate surface area is 156 Å². The molecular formula is C21H21F3N2O. The van der Waals surface area contributed by atoms with Gasteiger partial charge in [-0.3, -0.25) is 9.69 Å². The van der Waals surface area contributed by atoms with Gasteiger partial charge in [-0.2, -0.15) is 13.2 Å². The normalized spacial score (nSPS) is 22.9. The average Bonchev–Trinajstić information content (AvgIpc) is 3.27. The Kier molecular flexibility index (Phi) is 4.46. The van der Waals surface area contributed by atoms with E-state index < -0.39 is 17.5 Å². The van der Waals surface area contributed by atoms with E-state index in [-0.39, 0.29) is 19.5 Å². The van der Waals surface area contributed by atoms with Gasteiger partial charge in [-0.25, -0.2) is 0 Å². The fourth-order valence-corrected chi connectivity index (χ4v) is 4.20. The van der Waals surface area contributed by atoms with Crippen LogP contribution in [0, 0.1) is 5.41 Å². The maximum absolute atomic E-state index is 14.1. The molecule has 0 saturated carbocycles. The summed E-state index contributed by atoms with van der Waals surface area (Å²) in [4.78, 5) is 16.2. The third-order valence-corrected chi connectivity index (χ3v) is 5.68. The quantitative estimate of drug-likeness (QED) is 0.810. The molecule has 0 N–H and O–H groups in total. The van der Waals surface area contributed by atoms with Crippen LogP contribution in [-0.2, 0) is 17.8 Å². The van der Waals surface area contributed by atoms with Crippen LogP contribution in [0.2, 0.25) is 0 Å². The highest BCUT2D eigenvalue weighted by atomic mass is 19.4. The number of fused-ring (bicyclic) bond motifs is 1. The van der Waals surface area contributed by atoms with E-state index in [9.17, 15) is 18.0 Å². The molecule has 2 aromatic rings. The maximum atomic E-state index is 14.1. The van der Waals surface area contributed by atoms with E-state index in [1.807, 2.05) is 42.5 Å². The Balaban J connectivity index is 1.60. The van der Waals surface area contributed by atoms with Crippen LogP contribution >= 0.6 is 0 Å². The minimum Gasteiger partial charge on any atom is -0.311 e. The predicted octanol–water partition coefficient (Wildman–Crippen LogP) is 4.03. The second-order valence-electron chi connectivity index (χ2n) is 7.36. The summed E-state index contributed by atoms with van der Waals surface area (Å²) in [6.45, 7) is 0.704. The van der Waals surface area contributed by atoms with Crippen molar-refractivity contribution in [3.8, 4) is 0 Å². The number of alkyl halides is 3. The van der Waals surface area contributed by atoms with Crippen LogP contribution in [0.4, 0.5) is 18.9 Å². The van der Waals surface area contributed by atoms with Crippen molar-refractivity contribution in [1.29, 1.82) is 0 Å². The monoisotopic (exact) mass is 374 g/mol. The molecule has 4 rings (SSSR count). The van der Waals surface area contributed by atoms with Crippen LogP contribution in [0.15, 0.2) is 54.6 Å². The van der Waals surface area contributed by atoms with Gasteiger partial charge in [-0.1, -0.05) is 48.5 Å². The van der Waals surface area contributed by atoms with Gasteiger partial charge in [0.05, 0.1) is 0 Å². The lowest BCUT2D eigenvalue weighted by Crippen LogP contribution is -2.53. The minimum atomic E-state index is -4.58. The molecule has 2 aliphatic rings. The summed E-state index contributed by atoms with van der Waals surface area (Å²) < 4.78 is 42.4. The van der Waals surface area contributed by atoms with Gasteiger partial charge >= 0.3 is 6.18 Å². The van der Waals surface area contributed by atoms with Gasteiger partial charge in [-0.05, 0) is 36.6 Å². The van der Waals surface area contributed by atoms with E-state index in [0.717, 1.165) is 11.1 Å². The van der Waals surface area contributed by atoms with Crippen molar-refractivity contribution in [2.24, 2.45) is 5.41 Å². The van der Waals surface area contributed by atoms with Crippen LogP contribution in [0.5, 0.6) is 0 Å². The summed E-state index contributed by atoms with van der Waals surface area (Å²) in [6.07, 6.45) is -4.17. The molecule has 0 spiro atoms. The smallest absolute Gasteiger partial charge is 0.311 e. The number of benzene rings is 2. The number of rotatable bonds is 3. The molecule has 2 aliphatic heterocycles. The number of hydrogen-bond donors (Lipinski definition) is 0. The zero-order chi connectivity index (χ0) is 19.1. The highest BCUT2D eigenvalue weighted by molar-refractivity contribution is 6.00. The summed E-state index contributed by atoms with van der Waals surface area (Å²) in [7, 11) is 0. The molecule has 1 amide bonds. The van der Waals surface area contributed by atoms with E-state index in [4.69, 9.17) is 0 Å². The minimum absolute atomic E-state index is 0.194. The fourth-order valence-electron chi connectivity index (χ4n) is 4.20. The Hall–Kier alpha value is -2.34. The number of para-hydroxylation sites is 1. The van der Waals surface area contributed by atoms with Crippen molar-refractivity contribution in [1.82, 2.24) is 4.90 Å². The standard InChI is InChI=1S/C21H21F3N2O/c22-21(23,24)20(11-13-25(15-20)14-16-6-2-1-3-7-16)19(27)26-12-10-17-8-4-5-9-18(17)26/h1-9H,10-15H2/t20-/m0/s1. The maximum Gasteiger partial charge on any atom is 0.404 e. The lowest BCUT2D eigenvalue weighted by atomic mass is 9.84. The predicted molar refractivity (Wildman–Crippen MR) is 97.3 cm³/mol. The average molecular weight is 374 g/mol. The first-order chi connectivity index (χ1) is 12.9. The van der Waals surface area contributed by atoms with Crippen molar-refractivity contribution in [3.05, 3.63) is 65.7 Å². The fraction of sp³-hybridized carbons (Fsp3) is 0.381. The Morgan fingerprint density at radius 2 is 1.70 bits per heavy atom. The lowest BCUT2D eigenvalue weighted by Gasteiger charge is -2.34.